The molecule has 3 rings (SSSR count). The van der Waals surface area contributed by atoms with Gasteiger partial charge in [0, 0.05) is 21.7 Å². The minimum absolute atomic E-state index is 0.0427. The van der Waals surface area contributed by atoms with Gasteiger partial charge >= 0.3 is 0 Å². The fourth-order valence-electron chi connectivity index (χ4n) is 3.21. The SMILES string of the molecule is Cc1ccc(C(N)=Nc2ccc(S(=O)(=O)N3CCCCC3C)cc2)cc1I. The van der Waals surface area contributed by atoms with Gasteiger partial charge in [-0.1, -0.05) is 18.6 Å². The van der Waals surface area contributed by atoms with E-state index in [0.717, 1.165) is 28.4 Å². The van der Waals surface area contributed by atoms with E-state index in [1.807, 2.05) is 32.0 Å². The van der Waals surface area contributed by atoms with Crippen molar-refractivity contribution in [3.05, 3.63) is 57.2 Å². The van der Waals surface area contributed by atoms with Crippen molar-refractivity contribution in [1.29, 1.82) is 0 Å². The number of hydrogen-bond acceptors (Lipinski definition) is 3. The average molecular weight is 497 g/mol. The Hall–Kier alpha value is -1.45. The zero-order valence-corrected chi connectivity index (χ0v) is 18.5. The van der Waals surface area contributed by atoms with E-state index in [9.17, 15) is 8.42 Å². The number of amidine groups is 1. The van der Waals surface area contributed by atoms with Crippen LogP contribution in [0.1, 0.15) is 37.3 Å². The van der Waals surface area contributed by atoms with Crippen molar-refractivity contribution in [3.8, 4) is 0 Å². The van der Waals surface area contributed by atoms with Crippen molar-refractivity contribution in [2.24, 2.45) is 10.7 Å². The molecule has 0 bridgehead atoms. The van der Waals surface area contributed by atoms with E-state index in [2.05, 4.69) is 27.6 Å². The quantitative estimate of drug-likeness (QED) is 0.391. The molecule has 0 aliphatic carbocycles. The van der Waals surface area contributed by atoms with E-state index in [1.54, 1.807) is 28.6 Å². The van der Waals surface area contributed by atoms with Crippen molar-refractivity contribution in [2.45, 2.75) is 44.0 Å². The second-order valence-corrected chi connectivity index (χ2v) is 9.97. The summed E-state index contributed by atoms with van der Waals surface area (Å²) in [7, 11) is -3.47. The summed E-state index contributed by atoms with van der Waals surface area (Å²) >= 11 is 2.27. The Morgan fingerprint density at radius 1 is 1.19 bits per heavy atom. The monoisotopic (exact) mass is 497 g/mol. The normalized spacial score (nSPS) is 19.2. The third-order valence-corrected chi connectivity index (χ3v) is 8.09. The molecular formula is C20H24IN3O2S. The molecule has 0 aromatic heterocycles. The predicted molar refractivity (Wildman–Crippen MR) is 118 cm³/mol. The smallest absolute Gasteiger partial charge is 0.243 e. The number of hydrogen-bond donors (Lipinski definition) is 1. The predicted octanol–water partition coefficient (Wildman–Crippen LogP) is 4.20. The van der Waals surface area contributed by atoms with Gasteiger partial charge in [-0.2, -0.15) is 4.31 Å². The van der Waals surface area contributed by atoms with E-state index < -0.39 is 10.0 Å². The second kappa shape index (κ2) is 8.28. The number of benzene rings is 2. The van der Waals surface area contributed by atoms with Gasteiger partial charge in [0.1, 0.15) is 5.84 Å². The molecule has 1 aliphatic heterocycles. The van der Waals surface area contributed by atoms with Crippen LogP contribution in [0.4, 0.5) is 5.69 Å². The average Bonchev–Trinajstić information content (AvgIpc) is 2.64. The number of halogens is 1. The Balaban J connectivity index is 1.83. The van der Waals surface area contributed by atoms with Gasteiger partial charge in [-0.15, -0.1) is 0 Å². The summed E-state index contributed by atoms with van der Waals surface area (Å²) in [6.45, 7) is 4.60. The molecule has 2 aromatic carbocycles. The highest BCUT2D eigenvalue weighted by atomic mass is 127. The van der Waals surface area contributed by atoms with Crippen LogP contribution in [0.2, 0.25) is 0 Å². The zero-order chi connectivity index (χ0) is 19.6. The molecule has 5 nitrogen and oxygen atoms in total. The number of nitrogens with two attached hydrogens (primary N) is 1. The summed E-state index contributed by atoms with van der Waals surface area (Å²) in [5.74, 6) is 0.410. The largest absolute Gasteiger partial charge is 0.383 e. The van der Waals surface area contributed by atoms with Crippen molar-refractivity contribution in [3.63, 3.8) is 0 Å². The van der Waals surface area contributed by atoms with Crippen LogP contribution in [-0.2, 0) is 10.0 Å². The molecular weight excluding hydrogens is 473 g/mol. The fourth-order valence-corrected chi connectivity index (χ4v) is 5.43. The van der Waals surface area contributed by atoms with Crippen molar-refractivity contribution in [1.82, 2.24) is 4.31 Å². The van der Waals surface area contributed by atoms with Gasteiger partial charge in [-0.3, -0.25) is 0 Å². The van der Waals surface area contributed by atoms with Crippen molar-refractivity contribution < 1.29 is 8.42 Å². The Morgan fingerprint density at radius 3 is 2.52 bits per heavy atom. The molecule has 1 unspecified atom stereocenters. The van der Waals surface area contributed by atoms with Crippen LogP contribution in [-0.4, -0.2) is 31.1 Å². The number of rotatable bonds is 4. The summed E-state index contributed by atoms with van der Waals surface area (Å²) in [6, 6.07) is 12.6. The number of nitrogens with zero attached hydrogens (tertiary/aromatic N) is 2. The lowest BCUT2D eigenvalue weighted by atomic mass is 10.1. The van der Waals surface area contributed by atoms with Gasteiger partial charge in [-0.25, -0.2) is 13.4 Å². The van der Waals surface area contributed by atoms with Gasteiger partial charge in [0.2, 0.25) is 10.0 Å². The molecule has 2 N–H and O–H groups in total. The van der Waals surface area contributed by atoms with Gasteiger partial charge < -0.3 is 5.73 Å². The van der Waals surface area contributed by atoms with Crippen LogP contribution in [0.5, 0.6) is 0 Å². The van der Waals surface area contributed by atoms with E-state index in [4.69, 9.17) is 5.73 Å². The molecule has 7 heteroatoms. The highest BCUT2D eigenvalue weighted by Crippen LogP contribution is 2.26. The summed E-state index contributed by atoms with van der Waals surface area (Å²) < 4.78 is 28.5. The maximum absolute atomic E-state index is 12.9. The molecule has 2 aromatic rings. The second-order valence-electron chi connectivity index (χ2n) is 6.92. The molecule has 27 heavy (non-hydrogen) atoms. The highest BCUT2D eigenvalue weighted by molar-refractivity contribution is 14.1. The minimum Gasteiger partial charge on any atom is -0.383 e. The molecule has 1 aliphatic rings. The number of sulfonamides is 1. The van der Waals surface area contributed by atoms with Gasteiger partial charge in [-0.05, 0) is 85.2 Å². The van der Waals surface area contributed by atoms with Crippen LogP contribution < -0.4 is 5.73 Å². The lowest BCUT2D eigenvalue weighted by molar-refractivity contribution is 0.268. The first-order chi connectivity index (χ1) is 12.8. The highest BCUT2D eigenvalue weighted by Gasteiger charge is 2.30. The molecule has 0 saturated carbocycles. The number of piperidine rings is 1. The molecule has 1 fully saturated rings. The summed E-state index contributed by atoms with van der Waals surface area (Å²) in [6.07, 6.45) is 2.91. The zero-order valence-electron chi connectivity index (χ0n) is 15.5. The molecule has 0 radical (unpaired) electrons. The molecule has 0 spiro atoms. The molecule has 0 amide bonds. The Morgan fingerprint density at radius 2 is 1.89 bits per heavy atom. The first-order valence-corrected chi connectivity index (χ1v) is 11.5. The molecule has 1 atom stereocenters. The van der Waals surface area contributed by atoms with Crippen LogP contribution in [0.15, 0.2) is 52.4 Å². The Bertz CT molecular complexity index is 956. The van der Waals surface area contributed by atoms with Gasteiger partial charge in [0.15, 0.2) is 0 Å². The number of aliphatic imine (C=N–C) groups is 1. The van der Waals surface area contributed by atoms with E-state index in [1.165, 1.54) is 5.56 Å². The van der Waals surface area contributed by atoms with Gasteiger partial charge in [0.25, 0.3) is 0 Å². The fraction of sp³-hybridized carbons (Fsp3) is 0.350. The Kier molecular flexibility index (Phi) is 6.22. The molecule has 1 saturated heterocycles. The van der Waals surface area contributed by atoms with E-state index in [0.29, 0.717) is 23.0 Å². The van der Waals surface area contributed by atoms with Gasteiger partial charge in [0.05, 0.1) is 10.6 Å². The lowest BCUT2D eigenvalue weighted by Crippen LogP contribution is -2.41. The minimum atomic E-state index is -3.47. The summed E-state index contributed by atoms with van der Waals surface area (Å²) in [5.41, 5.74) is 8.80. The third-order valence-electron chi connectivity index (χ3n) is 4.90. The van der Waals surface area contributed by atoms with Crippen LogP contribution in [0.25, 0.3) is 0 Å². The van der Waals surface area contributed by atoms with Crippen molar-refractivity contribution in [2.75, 3.05) is 6.54 Å². The molecule has 1 heterocycles. The first kappa shape index (κ1) is 20.3. The first-order valence-electron chi connectivity index (χ1n) is 9.01. The summed E-state index contributed by atoms with van der Waals surface area (Å²) in [4.78, 5) is 4.74. The third kappa shape index (κ3) is 4.52. The van der Waals surface area contributed by atoms with E-state index in [-0.39, 0.29) is 6.04 Å². The maximum atomic E-state index is 12.9. The van der Waals surface area contributed by atoms with Crippen LogP contribution in [0, 0.1) is 10.5 Å². The summed E-state index contributed by atoms with van der Waals surface area (Å²) in [5, 5.41) is 0. The maximum Gasteiger partial charge on any atom is 0.243 e. The lowest BCUT2D eigenvalue weighted by Gasteiger charge is -2.32. The Labute approximate surface area is 174 Å². The molecule has 144 valence electrons. The standard InChI is InChI=1S/C20H24IN3O2S/c1-14-6-7-16(13-19(14)21)20(22)23-17-8-10-18(11-9-17)27(25,26)24-12-4-3-5-15(24)2/h6-11,13,15H,3-5,12H2,1-2H3,(H2,22,23). The number of aryl methyl sites for hydroxylation is 1. The van der Waals surface area contributed by atoms with Crippen LogP contribution >= 0.6 is 22.6 Å². The van der Waals surface area contributed by atoms with Crippen molar-refractivity contribution >= 4 is 44.1 Å². The van der Waals surface area contributed by atoms with E-state index >= 15 is 0 Å². The van der Waals surface area contributed by atoms with Crippen LogP contribution in [0.3, 0.4) is 0 Å². The topological polar surface area (TPSA) is 75.8 Å².